The van der Waals surface area contributed by atoms with Crippen LogP contribution in [0, 0.1) is 0 Å². The summed E-state index contributed by atoms with van der Waals surface area (Å²) in [6.45, 7) is 0.412. The molecule has 2 atom stereocenters. The highest BCUT2D eigenvalue weighted by Crippen LogP contribution is 2.21. The number of carbonyl (C=O) groups excluding carboxylic acids is 1. The van der Waals surface area contributed by atoms with Gasteiger partial charge in [0, 0.05) is 6.54 Å². The Morgan fingerprint density at radius 1 is 1.35 bits per heavy atom. The van der Waals surface area contributed by atoms with E-state index in [9.17, 15) is 9.90 Å². The lowest BCUT2D eigenvalue weighted by Crippen LogP contribution is -2.35. The molecule has 2 unspecified atom stereocenters. The van der Waals surface area contributed by atoms with Crippen molar-refractivity contribution in [2.24, 2.45) is 0 Å². The second-order valence-electron chi connectivity index (χ2n) is 4.69. The first-order valence-corrected chi connectivity index (χ1v) is 6.66. The summed E-state index contributed by atoms with van der Waals surface area (Å²) in [7, 11) is 0. The molecule has 6 nitrogen and oxygen atoms in total. The van der Waals surface area contributed by atoms with Crippen molar-refractivity contribution in [1.82, 2.24) is 15.3 Å². The minimum atomic E-state index is -0.496. The predicted molar refractivity (Wildman–Crippen MR) is 75.6 cm³/mol. The molecule has 0 aliphatic carbocycles. The van der Waals surface area contributed by atoms with Gasteiger partial charge in [-0.15, -0.1) is 0 Å². The van der Waals surface area contributed by atoms with E-state index in [4.69, 9.17) is 11.6 Å². The van der Waals surface area contributed by atoms with Crippen molar-refractivity contribution in [3.05, 3.63) is 29.4 Å². The van der Waals surface area contributed by atoms with Crippen LogP contribution < -0.4 is 10.6 Å². The van der Waals surface area contributed by atoms with Crippen LogP contribution in [0.25, 0.3) is 11.0 Å². The zero-order valence-electron chi connectivity index (χ0n) is 10.5. The van der Waals surface area contributed by atoms with Gasteiger partial charge in [-0.1, -0.05) is 23.7 Å². The van der Waals surface area contributed by atoms with Gasteiger partial charge < -0.3 is 15.7 Å². The van der Waals surface area contributed by atoms with Gasteiger partial charge in [0.05, 0.1) is 23.2 Å². The third-order valence-electron chi connectivity index (χ3n) is 3.19. The maximum absolute atomic E-state index is 12.0. The molecule has 2 aromatic rings. The van der Waals surface area contributed by atoms with Crippen LogP contribution in [-0.2, 0) is 4.79 Å². The summed E-state index contributed by atoms with van der Waals surface area (Å²) in [5.74, 6) is -0.0356. The molecule has 1 fully saturated rings. The molecule has 0 bridgehead atoms. The fourth-order valence-corrected chi connectivity index (χ4v) is 2.36. The van der Waals surface area contributed by atoms with Gasteiger partial charge in [0.15, 0.2) is 11.0 Å². The zero-order valence-corrected chi connectivity index (χ0v) is 11.3. The Balaban J connectivity index is 1.83. The van der Waals surface area contributed by atoms with Crippen molar-refractivity contribution in [2.75, 3.05) is 11.9 Å². The van der Waals surface area contributed by atoms with E-state index in [1.807, 2.05) is 12.1 Å². The fourth-order valence-electron chi connectivity index (χ4n) is 2.18. The smallest absolute Gasteiger partial charge is 0.242 e. The molecule has 0 saturated carbocycles. The van der Waals surface area contributed by atoms with Gasteiger partial charge in [0.1, 0.15) is 0 Å². The van der Waals surface area contributed by atoms with Crippen molar-refractivity contribution in [2.45, 2.75) is 18.6 Å². The SMILES string of the molecule is O=C(Nc1nc2ccccc2nc1Cl)C1CC(O)CN1. The molecule has 104 valence electrons. The molecule has 1 aromatic heterocycles. The van der Waals surface area contributed by atoms with E-state index < -0.39 is 12.1 Å². The van der Waals surface area contributed by atoms with Gasteiger partial charge in [-0.3, -0.25) is 4.79 Å². The lowest BCUT2D eigenvalue weighted by molar-refractivity contribution is -0.118. The number of hydrogen-bond donors (Lipinski definition) is 3. The minimum absolute atomic E-state index is 0.149. The van der Waals surface area contributed by atoms with Gasteiger partial charge in [0.25, 0.3) is 0 Å². The zero-order chi connectivity index (χ0) is 14.1. The summed E-state index contributed by atoms with van der Waals surface area (Å²) in [5, 5.41) is 15.1. The number of para-hydroxylation sites is 2. The lowest BCUT2D eigenvalue weighted by atomic mass is 10.2. The van der Waals surface area contributed by atoms with Crippen LogP contribution in [0.4, 0.5) is 5.82 Å². The molecule has 2 heterocycles. The number of hydrogen-bond acceptors (Lipinski definition) is 5. The first-order valence-electron chi connectivity index (χ1n) is 6.28. The highest BCUT2D eigenvalue weighted by Gasteiger charge is 2.28. The number of fused-ring (bicyclic) bond motifs is 1. The van der Waals surface area contributed by atoms with Crippen LogP contribution >= 0.6 is 11.6 Å². The normalized spacial score (nSPS) is 22.1. The Labute approximate surface area is 120 Å². The van der Waals surface area contributed by atoms with Gasteiger partial charge >= 0.3 is 0 Å². The second-order valence-corrected chi connectivity index (χ2v) is 5.05. The largest absolute Gasteiger partial charge is 0.392 e. The number of β-amino-alcohol motifs (C(OH)–C–C–N with tert-alkyl or cyclic N) is 1. The number of carbonyl (C=O) groups is 1. The summed E-state index contributed by atoms with van der Waals surface area (Å²) < 4.78 is 0. The van der Waals surface area contributed by atoms with Crippen molar-refractivity contribution < 1.29 is 9.90 Å². The molecule has 1 aromatic carbocycles. The van der Waals surface area contributed by atoms with Crippen LogP contribution in [0.2, 0.25) is 5.15 Å². The molecule has 7 heteroatoms. The molecular formula is C13H13ClN4O2. The quantitative estimate of drug-likeness (QED) is 0.767. The maximum Gasteiger partial charge on any atom is 0.242 e. The summed E-state index contributed by atoms with van der Waals surface area (Å²) in [6.07, 6.45) is -0.117. The van der Waals surface area contributed by atoms with Crippen LogP contribution in [0.3, 0.4) is 0 Å². The average molecular weight is 293 g/mol. The highest BCUT2D eigenvalue weighted by atomic mass is 35.5. The summed E-state index contributed by atoms with van der Waals surface area (Å²) in [5.41, 5.74) is 1.33. The first kappa shape index (κ1) is 13.2. The molecule has 1 aliphatic rings. The van der Waals surface area contributed by atoms with Crippen LogP contribution in [-0.4, -0.2) is 39.7 Å². The van der Waals surface area contributed by atoms with E-state index in [1.54, 1.807) is 12.1 Å². The molecule has 0 radical (unpaired) electrons. The molecule has 0 spiro atoms. The molecule has 1 amide bonds. The topological polar surface area (TPSA) is 87.1 Å². The van der Waals surface area contributed by atoms with Crippen molar-refractivity contribution in [3.63, 3.8) is 0 Å². The van der Waals surface area contributed by atoms with Crippen LogP contribution in [0.15, 0.2) is 24.3 Å². The second kappa shape index (κ2) is 5.32. The standard InChI is InChI=1S/C13H13ClN4O2/c14-11-12(17-9-4-2-1-3-8(9)16-11)18-13(20)10-5-7(19)6-15-10/h1-4,7,10,15,19H,5-6H2,(H,17,18,20). The molecular weight excluding hydrogens is 280 g/mol. The number of nitrogens with zero attached hydrogens (tertiary/aromatic N) is 2. The monoisotopic (exact) mass is 292 g/mol. The lowest BCUT2D eigenvalue weighted by Gasteiger charge is -2.11. The molecule has 1 aliphatic heterocycles. The Morgan fingerprint density at radius 3 is 2.70 bits per heavy atom. The Hall–Kier alpha value is -1.76. The van der Waals surface area contributed by atoms with Crippen molar-refractivity contribution in [3.8, 4) is 0 Å². The number of halogens is 1. The highest BCUT2D eigenvalue weighted by molar-refractivity contribution is 6.32. The summed E-state index contributed by atoms with van der Waals surface area (Å²) in [6, 6.07) is 6.84. The third-order valence-corrected chi connectivity index (χ3v) is 3.46. The van der Waals surface area contributed by atoms with E-state index >= 15 is 0 Å². The van der Waals surface area contributed by atoms with E-state index in [0.29, 0.717) is 24.0 Å². The number of anilines is 1. The molecule has 3 N–H and O–H groups in total. The number of aliphatic hydroxyl groups is 1. The number of aliphatic hydroxyl groups excluding tert-OH is 1. The number of benzene rings is 1. The van der Waals surface area contributed by atoms with Crippen molar-refractivity contribution in [1.29, 1.82) is 0 Å². The molecule has 1 saturated heterocycles. The van der Waals surface area contributed by atoms with Gasteiger partial charge in [0.2, 0.25) is 5.91 Å². The number of amides is 1. The van der Waals surface area contributed by atoms with Gasteiger partial charge in [-0.2, -0.15) is 0 Å². The fraction of sp³-hybridized carbons (Fsp3) is 0.308. The third kappa shape index (κ3) is 2.58. The van der Waals surface area contributed by atoms with Crippen molar-refractivity contribution >= 4 is 34.4 Å². The first-order chi connectivity index (χ1) is 9.63. The molecule has 3 rings (SSSR count). The summed E-state index contributed by atoms with van der Waals surface area (Å²) >= 11 is 6.02. The summed E-state index contributed by atoms with van der Waals surface area (Å²) in [4.78, 5) is 20.5. The minimum Gasteiger partial charge on any atom is -0.392 e. The maximum atomic E-state index is 12.0. The molecule has 20 heavy (non-hydrogen) atoms. The van der Waals surface area contributed by atoms with E-state index in [1.165, 1.54) is 0 Å². The van der Waals surface area contributed by atoms with Gasteiger partial charge in [-0.25, -0.2) is 9.97 Å². The van der Waals surface area contributed by atoms with E-state index in [0.717, 1.165) is 0 Å². The number of rotatable bonds is 2. The van der Waals surface area contributed by atoms with Crippen LogP contribution in [0.1, 0.15) is 6.42 Å². The Kier molecular flexibility index (Phi) is 3.52. The predicted octanol–water partition coefficient (Wildman–Crippen LogP) is 0.944. The Bertz CT molecular complexity index is 664. The van der Waals surface area contributed by atoms with Gasteiger partial charge in [-0.05, 0) is 18.6 Å². The van der Waals surface area contributed by atoms with E-state index in [2.05, 4.69) is 20.6 Å². The Morgan fingerprint density at radius 2 is 2.05 bits per heavy atom. The van der Waals surface area contributed by atoms with E-state index in [-0.39, 0.29) is 16.9 Å². The number of nitrogens with one attached hydrogen (secondary N) is 2. The van der Waals surface area contributed by atoms with Crippen LogP contribution in [0.5, 0.6) is 0 Å². The number of aromatic nitrogens is 2. The average Bonchev–Trinajstić information content (AvgIpc) is 2.86.